The van der Waals surface area contributed by atoms with Crippen LogP contribution in [0, 0.1) is 6.92 Å². The second-order valence-corrected chi connectivity index (χ2v) is 11.8. The van der Waals surface area contributed by atoms with Crippen LogP contribution in [0.3, 0.4) is 0 Å². The van der Waals surface area contributed by atoms with Gasteiger partial charge in [-0.05, 0) is 90.7 Å². The molecule has 44 heavy (non-hydrogen) atoms. The quantitative estimate of drug-likeness (QED) is 0.161. The molecule has 1 amide bonds. The summed E-state index contributed by atoms with van der Waals surface area (Å²) in [5.41, 5.74) is 4.05. The van der Waals surface area contributed by atoms with Crippen LogP contribution in [0.4, 0.5) is 5.69 Å². The first kappa shape index (κ1) is 31.0. The molecule has 0 saturated carbocycles. The van der Waals surface area contributed by atoms with E-state index in [0.29, 0.717) is 38.8 Å². The Morgan fingerprint density at radius 2 is 1.82 bits per heavy atom. The zero-order valence-corrected chi connectivity index (χ0v) is 26.9. The minimum Gasteiger partial charge on any atom is -0.496 e. The number of hydrogen-bond donors (Lipinski definition) is 1. The van der Waals surface area contributed by atoms with E-state index in [1.54, 1.807) is 61.7 Å². The van der Waals surface area contributed by atoms with Crippen molar-refractivity contribution in [3.63, 3.8) is 0 Å². The fraction of sp³-hybridized carbons (Fsp3) is 0.176. The largest absolute Gasteiger partial charge is 0.496 e. The van der Waals surface area contributed by atoms with Crippen molar-refractivity contribution in [3.8, 4) is 22.9 Å². The van der Waals surface area contributed by atoms with Gasteiger partial charge in [0, 0.05) is 26.3 Å². The normalized spacial score (nSPS) is 11.3. The van der Waals surface area contributed by atoms with Crippen LogP contribution in [0.25, 0.3) is 22.3 Å². The Balaban J connectivity index is 1.54. The highest BCUT2D eigenvalue weighted by molar-refractivity contribution is 9.10. The average Bonchev–Trinajstić information content (AvgIpc) is 3.01. The second kappa shape index (κ2) is 13.4. The lowest BCUT2D eigenvalue weighted by Gasteiger charge is -2.17. The van der Waals surface area contributed by atoms with Crippen LogP contribution in [0.5, 0.6) is 11.5 Å². The number of halogens is 2. The molecule has 0 aliphatic rings. The van der Waals surface area contributed by atoms with Crippen LogP contribution in [0.1, 0.15) is 36.5 Å². The van der Waals surface area contributed by atoms with Crippen molar-refractivity contribution in [2.24, 2.45) is 5.10 Å². The van der Waals surface area contributed by atoms with Crippen LogP contribution >= 0.6 is 27.5 Å². The summed E-state index contributed by atoms with van der Waals surface area (Å²) in [6, 6.07) is 23.3. The molecule has 0 saturated heterocycles. The summed E-state index contributed by atoms with van der Waals surface area (Å²) in [6.45, 7) is 5.88. The number of para-hydroxylation sites is 1. The van der Waals surface area contributed by atoms with Gasteiger partial charge in [-0.15, -0.1) is 0 Å². The SMILES string of the molecule is COc1cc(C)c(-c2nc3ccccc3c(=O)n2N=Cc2cc(Br)ccc2OCC(=O)Nc2ccc(Cl)cc2)cc1C(C)C. The van der Waals surface area contributed by atoms with Crippen LogP contribution in [0.2, 0.25) is 5.02 Å². The monoisotopic (exact) mass is 672 g/mol. The molecule has 1 N–H and O–H groups in total. The summed E-state index contributed by atoms with van der Waals surface area (Å²) in [6.07, 6.45) is 1.53. The van der Waals surface area contributed by atoms with Crippen LogP contribution < -0.4 is 20.3 Å². The topological polar surface area (TPSA) is 94.8 Å². The van der Waals surface area contributed by atoms with E-state index in [1.165, 1.54) is 10.9 Å². The highest BCUT2D eigenvalue weighted by Crippen LogP contribution is 2.34. The number of anilines is 1. The van der Waals surface area contributed by atoms with Crippen molar-refractivity contribution in [1.82, 2.24) is 9.66 Å². The third-order valence-corrected chi connectivity index (χ3v) is 7.71. The van der Waals surface area contributed by atoms with Gasteiger partial charge in [-0.3, -0.25) is 9.59 Å². The van der Waals surface area contributed by atoms with E-state index in [-0.39, 0.29) is 24.0 Å². The summed E-state index contributed by atoms with van der Waals surface area (Å²) in [5, 5.41) is 8.42. The van der Waals surface area contributed by atoms with Crippen molar-refractivity contribution in [1.29, 1.82) is 0 Å². The van der Waals surface area contributed by atoms with E-state index in [9.17, 15) is 9.59 Å². The Morgan fingerprint density at radius 1 is 1.07 bits per heavy atom. The third kappa shape index (κ3) is 6.85. The number of methoxy groups -OCH3 is 1. The van der Waals surface area contributed by atoms with Crippen molar-refractivity contribution in [2.75, 3.05) is 19.0 Å². The van der Waals surface area contributed by atoms with Gasteiger partial charge >= 0.3 is 0 Å². The molecule has 0 unspecified atom stereocenters. The number of rotatable bonds is 9. The number of carbonyl (C=O) groups excluding carboxylic acids is 1. The summed E-state index contributed by atoms with van der Waals surface area (Å²) in [5.74, 6) is 1.41. The number of fused-ring (bicyclic) bond motifs is 1. The number of aryl methyl sites for hydroxylation is 1. The van der Waals surface area contributed by atoms with Gasteiger partial charge in [0.2, 0.25) is 0 Å². The summed E-state index contributed by atoms with van der Waals surface area (Å²) in [7, 11) is 1.65. The van der Waals surface area contributed by atoms with E-state index < -0.39 is 0 Å². The number of ether oxygens (including phenoxy) is 2. The molecule has 5 aromatic rings. The number of nitrogens with zero attached hydrogens (tertiary/aromatic N) is 3. The third-order valence-electron chi connectivity index (χ3n) is 6.96. The summed E-state index contributed by atoms with van der Waals surface area (Å²) in [4.78, 5) is 31.3. The number of hydrogen-bond acceptors (Lipinski definition) is 6. The van der Waals surface area contributed by atoms with E-state index in [4.69, 9.17) is 26.1 Å². The van der Waals surface area contributed by atoms with Gasteiger partial charge in [0.05, 0.1) is 24.2 Å². The lowest BCUT2D eigenvalue weighted by Crippen LogP contribution is -2.21. The van der Waals surface area contributed by atoms with E-state index in [0.717, 1.165) is 26.9 Å². The van der Waals surface area contributed by atoms with Crippen molar-refractivity contribution >= 4 is 56.2 Å². The van der Waals surface area contributed by atoms with Crippen LogP contribution in [0.15, 0.2) is 93.2 Å². The maximum atomic E-state index is 13.8. The first-order valence-electron chi connectivity index (χ1n) is 13.9. The number of benzene rings is 4. The highest BCUT2D eigenvalue weighted by atomic mass is 79.9. The molecule has 4 aromatic carbocycles. The van der Waals surface area contributed by atoms with Gasteiger partial charge in [-0.2, -0.15) is 9.78 Å². The number of amides is 1. The maximum absolute atomic E-state index is 13.8. The van der Waals surface area contributed by atoms with E-state index in [1.807, 2.05) is 31.2 Å². The predicted octanol–water partition coefficient (Wildman–Crippen LogP) is 7.82. The molecule has 1 aromatic heterocycles. The lowest BCUT2D eigenvalue weighted by atomic mass is 9.96. The summed E-state index contributed by atoms with van der Waals surface area (Å²) >= 11 is 9.43. The minimum atomic E-state index is -0.341. The molecule has 0 aliphatic heterocycles. The molecule has 0 aliphatic carbocycles. The zero-order valence-electron chi connectivity index (χ0n) is 24.6. The van der Waals surface area contributed by atoms with Gasteiger partial charge < -0.3 is 14.8 Å². The summed E-state index contributed by atoms with van der Waals surface area (Å²) < 4.78 is 13.6. The second-order valence-electron chi connectivity index (χ2n) is 10.4. The Labute approximate surface area is 268 Å². The Morgan fingerprint density at radius 3 is 2.55 bits per heavy atom. The fourth-order valence-corrected chi connectivity index (χ4v) is 5.22. The van der Waals surface area contributed by atoms with Gasteiger partial charge in [-0.1, -0.05) is 53.5 Å². The molecule has 0 fully saturated rings. The zero-order chi connectivity index (χ0) is 31.4. The van der Waals surface area contributed by atoms with Gasteiger partial charge in [0.15, 0.2) is 12.4 Å². The molecule has 5 rings (SSSR count). The predicted molar refractivity (Wildman–Crippen MR) is 180 cm³/mol. The average molecular weight is 674 g/mol. The molecule has 224 valence electrons. The maximum Gasteiger partial charge on any atom is 0.282 e. The fourth-order valence-electron chi connectivity index (χ4n) is 4.72. The van der Waals surface area contributed by atoms with Gasteiger partial charge in [-0.25, -0.2) is 4.98 Å². The number of nitrogens with one attached hydrogen (secondary N) is 1. The molecular weight excluding hydrogens is 644 g/mol. The van der Waals surface area contributed by atoms with Crippen LogP contribution in [-0.2, 0) is 4.79 Å². The molecule has 0 radical (unpaired) electrons. The smallest absolute Gasteiger partial charge is 0.282 e. The molecule has 10 heteroatoms. The van der Waals surface area contributed by atoms with Crippen molar-refractivity contribution in [2.45, 2.75) is 26.7 Å². The van der Waals surface area contributed by atoms with Crippen molar-refractivity contribution in [3.05, 3.63) is 115 Å². The van der Waals surface area contributed by atoms with Gasteiger partial charge in [0.1, 0.15) is 11.5 Å². The number of carbonyl (C=O) groups is 1. The first-order valence-corrected chi connectivity index (χ1v) is 15.0. The molecule has 1 heterocycles. The van der Waals surface area contributed by atoms with Gasteiger partial charge in [0.25, 0.3) is 11.5 Å². The Hall–Kier alpha value is -4.47. The standard InChI is InChI=1S/C34H30BrClN4O4/c1-20(2)27-17-28(21(3)15-31(27)43-4)33-39-29-8-6-5-7-26(29)34(42)40(33)37-18-22-16-23(35)9-14-30(22)44-19-32(41)38-25-12-10-24(36)11-13-25/h5-18,20H,19H2,1-4H3,(H,38,41). The molecular formula is C34H30BrClN4O4. The lowest BCUT2D eigenvalue weighted by molar-refractivity contribution is -0.118. The molecule has 0 bridgehead atoms. The molecule has 8 nitrogen and oxygen atoms in total. The Kier molecular flexibility index (Phi) is 9.46. The Bertz CT molecular complexity index is 1940. The van der Waals surface area contributed by atoms with Crippen LogP contribution in [-0.4, -0.2) is 35.5 Å². The molecule has 0 spiro atoms. The number of aromatic nitrogens is 2. The van der Waals surface area contributed by atoms with E-state index in [2.05, 4.69) is 40.2 Å². The highest BCUT2D eigenvalue weighted by Gasteiger charge is 2.18. The minimum absolute atomic E-state index is 0.173. The first-order chi connectivity index (χ1) is 21.1. The molecule has 0 atom stereocenters. The van der Waals surface area contributed by atoms with E-state index >= 15 is 0 Å². The van der Waals surface area contributed by atoms with Crippen molar-refractivity contribution < 1.29 is 14.3 Å².